The zero-order chi connectivity index (χ0) is 20.6. The highest BCUT2D eigenvalue weighted by molar-refractivity contribution is 14.1. The van der Waals surface area contributed by atoms with Crippen molar-refractivity contribution in [1.29, 1.82) is 0 Å². The van der Waals surface area contributed by atoms with Gasteiger partial charge in [0, 0.05) is 25.5 Å². The normalized spacial score (nSPS) is 19.6. The van der Waals surface area contributed by atoms with E-state index >= 15 is 0 Å². The average molecular weight is 512 g/mol. The SMILES string of the molecule is NC(N)=NC(=O)OCc1cccc(CCC2=CN(I)C(N3CCOCC3)N=C2)c1. The minimum Gasteiger partial charge on any atom is -0.443 e. The van der Waals surface area contributed by atoms with Crippen LogP contribution in [0.15, 0.2) is 46.0 Å². The topological polar surface area (TPSA) is 119 Å². The smallest absolute Gasteiger partial charge is 0.437 e. The third-order valence-corrected chi connectivity index (χ3v) is 5.31. The van der Waals surface area contributed by atoms with Crippen LogP contribution >= 0.6 is 22.9 Å². The number of ether oxygens (including phenoxy) is 2. The van der Waals surface area contributed by atoms with Gasteiger partial charge in [0.25, 0.3) is 0 Å². The van der Waals surface area contributed by atoms with Gasteiger partial charge in [0.05, 0.1) is 36.1 Å². The fraction of sp³-hybridized carbons (Fsp3) is 0.421. The quantitative estimate of drug-likeness (QED) is 0.258. The maximum absolute atomic E-state index is 11.4. The molecule has 2 aliphatic heterocycles. The summed E-state index contributed by atoms with van der Waals surface area (Å²) in [6.07, 6.45) is 5.09. The first-order chi connectivity index (χ1) is 14.0. The number of aryl methyl sites for hydroxylation is 1. The third kappa shape index (κ3) is 6.68. The molecule has 1 aromatic rings. The fourth-order valence-corrected chi connectivity index (χ4v) is 3.97. The number of allylic oxidation sites excluding steroid dienone is 1. The van der Waals surface area contributed by atoms with E-state index in [0.717, 1.165) is 50.3 Å². The molecule has 0 bridgehead atoms. The number of aliphatic imine (C=N–C) groups is 2. The van der Waals surface area contributed by atoms with Crippen LogP contribution in [0.3, 0.4) is 0 Å². The summed E-state index contributed by atoms with van der Waals surface area (Å²) in [5.41, 5.74) is 13.5. The van der Waals surface area contributed by atoms with Crippen LogP contribution in [0.5, 0.6) is 0 Å². The fourth-order valence-electron chi connectivity index (χ4n) is 3.12. The van der Waals surface area contributed by atoms with Crippen molar-refractivity contribution in [3.8, 4) is 0 Å². The van der Waals surface area contributed by atoms with Crippen molar-refractivity contribution in [1.82, 2.24) is 8.01 Å². The first-order valence-corrected chi connectivity index (χ1v) is 10.3. The number of hydrogen-bond donors (Lipinski definition) is 2. The molecule has 4 N–H and O–H groups in total. The molecule has 29 heavy (non-hydrogen) atoms. The van der Waals surface area contributed by atoms with Crippen molar-refractivity contribution in [3.63, 3.8) is 0 Å². The van der Waals surface area contributed by atoms with E-state index in [0.29, 0.717) is 0 Å². The molecule has 2 aliphatic rings. The van der Waals surface area contributed by atoms with E-state index in [4.69, 9.17) is 25.9 Å². The summed E-state index contributed by atoms with van der Waals surface area (Å²) in [7, 11) is 0. The molecule has 156 valence electrons. The Bertz CT molecular complexity index is 803. The largest absolute Gasteiger partial charge is 0.443 e. The van der Waals surface area contributed by atoms with Gasteiger partial charge in [-0.3, -0.25) is 13.0 Å². The Morgan fingerprint density at radius 3 is 2.76 bits per heavy atom. The van der Waals surface area contributed by atoms with Crippen LogP contribution in [0.1, 0.15) is 17.5 Å². The van der Waals surface area contributed by atoms with Crippen molar-refractivity contribution in [2.24, 2.45) is 21.5 Å². The Morgan fingerprint density at radius 2 is 2.03 bits per heavy atom. The second-order valence-electron chi connectivity index (χ2n) is 6.73. The van der Waals surface area contributed by atoms with Crippen LogP contribution in [0.25, 0.3) is 0 Å². The minimum absolute atomic E-state index is 0.0338. The van der Waals surface area contributed by atoms with Crippen LogP contribution in [-0.4, -0.2) is 58.9 Å². The highest BCUT2D eigenvalue weighted by Crippen LogP contribution is 2.22. The third-order valence-electron chi connectivity index (χ3n) is 4.53. The molecule has 0 aromatic heterocycles. The molecule has 1 atom stereocenters. The molecule has 1 fully saturated rings. The minimum atomic E-state index is -0.795. The van der Waals surface area contributed by atoms with Gasteiger partial charge in [0.15, 0.2) is 12.2 Å². The summed E-state index contributed by atoms with van der Waals surface area (Å²) in [6.45, 7) is 3.42. The van der Waals surface area contributed by atoms with Crippen LogP contribution in [-0.2, 0) is 22.5 Å². The van der Waals surface area contributed by atoms with E-state index in [9.17, 15) is 4.79 Å². The number of amides is 1. The molecular weight excluding hydrogens is 487 g/mol. The number of morpholine rings is 1. The lowest BCUT2D eigenvalue weighted by molar-refractivity contribution is 0.00298. The van der Waals surface area contributed by atoms with Crippen LogP contribution in [0.2, 0.25) is 0 Å². The van der Waals surface area contributed by atoms with Gasteiger partial charge in [-0.25, -0.2) is 4.79 Å². The molecule has 9 nitrogen and oxygen atoms in total. The van der Waals surface area contributed by atoms with Crippen molar-refractivity contribution in [2.45, 2.75) is 25.7 Å². The van der Waals surface area contributed by atoms with Crippen LogP contribution < -0.4 is 11.5 Å². The molecule has 0 aliphatic carbocycles. The van der Waals surface area contributed by atoms with Crippen LogP contribution in [0.4, 0.5) is 4.79 Å². The Balaban J connectivity index is 1.50. The molecule has 3 rings (SSSR count). The number of rotatable bonds is 6. The number of carbonyl (C=O) groups excluding carboxylic acids is 1. The lowest BCUT2D eigenvalue weighted by Gasteiger charge is -2.37. The van der Waals surface area contributed by atoms with Crippen molar-refractivity contribution >= 4 is 41.1 Å². The first-order valence-electron chi connectivity index (χ1n) is 9.35. The first kappa shape index (κ1) is 21.5. The van der Waals surface area contributed by atoms with E-state index < -0.39 is 6.09 Å². The Hall–Kier alpha value is -2.18. The molecule has 0 radical (unpaired) electrons. The molecule has 2 heterocycles. The standard InChI is InChI=1S/C19H25IN6O3/c20-26-12-16(11-23-18(26)25-6-8-28-9-7-25)5-4-14-2-1-3-15(10-14)13-29-19(27)24-17(21)22/h1-3,10-12,18H,4-9,13H2,(H4,21,22,24,27). The predicted octanol–water partition coefficient (Wildman–Crippen LogP) is 1.77. The molecule has 0 spiro atoms. The number of carbonyl (C=O) groups is 1. The van der Waals surface area contributed by atoms with Gasteiger partial charge in [-0.2, -0.15) is 0 Å². The summed E-state index contributed by atoms with van der Waals surface area (Å²) in [4.78, 5) is 21.8. The Morgan fingerprint density at radius 1 is 1.28 bits per heavy atom. The molecule has 1 amide bonds. The number of nitrogens with zero attached hydrogens (tertiary/aromatic N) is 4. The van der Waals surface area contributed by atoms with Gasteiger partial charge in [-0.05, 0) is 29.5 Å². The monoisotopic (exact) mass is 512 g/mol. The maximum Gasteiger partial charge on any atom is 0.437 e. The van der Waals surface area contributed by atoms with Gasteiger partial charge >= 0.3 is 6.09 Å². The Labute approximate surface area is 183 Å². The molecule has 1 unspecified atom stereocenters. The highest BCUT2D eigenvalue weighted by Gasteiger charge is 2.25. The molecule has 0 saturated carbocycles. The summed E-state index contributed by atoms with van der Waals surface area (Å²) >= 11 is 2.31. The van der Waals surface area contributed by atoms with E-state index in [1.807, 2.05) is 24.4 Å². The number of nitrogens with two attached hydrogens (primary N) is 2. The summed E-state index contributed by atoms with van der Waals surface area (Å²) in [6, 6.07) is 7.91. The predicted molar refractivity (Wildman–Crippen MR) is 119 cm³/mol. The van der Waals surface area contributed by atoms with E-state index in [2.05, 4.69) is 48.1 Å². The zero-order valence-corrected chi connectivity index (χ0v) is 18.2. The average Bonchev–Trinajstić information content (AvgIpc) is 2.71. The number of guanidine groups is 1. The van der Waals surface area contributed by atoms with E-state index in [1.165, 1.54) is 5.57 Å². The van der Waals surface area contributed by atoms with E-state index in [1.54, 1.807) is 0 Å². The molecule has 1 aromatic carbocycles. The van der Waals surface area contributed by atoms with Crippen LogP contribution in [0, 0.1) is 0 Å². The second-order valence-corrected chi connectivity index (χ2v) is 7.85. The molecular formula is C19H25IN6O3. The number of hydrogen-bond acceptors (Lipinski definition) is 6. The van der Waals surface area contributed by atoms with Crippen molar-refractivity contribution < 1.29 is 14.3 Å². The van der Waals surface area contributed by atoms with Crippen molar-refractivity contribution in [2.75, 3.05) is 26.3 Å². The van der Waals surface area contributed by atoms with Gasteiger partial charge in [-0.1, -0.05) is 24.3 Å². The lowest BCUT2D eigenvalue weighted by Crippen LogP contribution is -2.48. The number of halogens is 1. The number of benzene rings is 1. The summed E-state index contributed by atoms with van der Waals surface area (Å²) < 4.78 is 12.6. The van der Waals surface area contributed by atoms with Gasteiger partial charge in [0.2, 0.25) is 0 Å². The van der Waals surface area contributed by atoms with Gasteiger partial charge < -0.3 is 20.9 Å². The second kappa shape index (κ2) is 10.6. The lowest BCUT2D eigenvalue weighted by atomic mass is 10.0. The van der Waals surface area contributed by atoms with Gasteiger partial charge in [-0.15, -0.1) is 4.99 Å². The maximum atomic E-state index is 11.4. The summed E-state index contributed by atoms with van der Waals surface area (Å²) in [5.74, 6) is -0.314. The summed E-state index contributed by atoms with van der Waals surface area (Å²) in [5, 5.41) is 0. The highest BCUT2D eigenvalue weighted by atomic mass is 127. The van der Waals surface area contributed by atoms with Gasteiger partial charge in [0.1, 0.15) is 6.61 Å². The van der Waals surface area contributed by atoms with Crippen molar-refractivity contribution in [3.05, 3.63) is 47.2 Å². The molecule has 1 saturated heterocycles. The molecule has 10 heteroatoms. The zero-order valence-electron chi connectivity index (χ0n) is 16.0. The van der Waals surface area contributed by atoms with E-state index in [-0.39, 0.29) is 18.9 Å². The Kier molecular flexibility index (Phi) is 7.83.